The number of aryl methyl sites for hydroxylation is 2. The van der Waals surface area contributed by atoms with Gasteiger partial charge in [-0.15, -0.1) is 11.8 Å². The average Bonchev–Trinajstić information content (AvgIpc) is 3.35. The van der Waals surface area contributed by atoms with Crippen molar-refractivity contribution < 1.29 is 4.79 Å². The molecule has 2 aromatic heterocycles. The second-order valence-corrected chi connectivity index (χ2v) is 11.8. The molecular formula is C27H32N4OS2. The van der Waals surface area contributed by atoms with Crippen LogP contribution >= 0.6 is 23.1 Å². The number of carbonyl (C=O) groups is 1. The Labute approximate surface area is 210 Å². The summed E-state index contributed by atoms with van der Waals surface area (Å²) in [6, 6.07) is 16.3. The van der Waals surface area contributed by atoms with E-state index >= 15 is 0 Å². The molecule has 178 valence electrons. The van der Waals surface area contributed by atoms with Gasteiger partial charge in [0.1, 0.15) is 0 Å². The molecule has 2 heterocycles. The molecule has 4 rings (SSSR count). The predicted molar refractivity (Wildman–Crippen MR) is 145 cm³/mol. The minimum Gasteiger partial charge on any atom is -0.282 e. The van der Waals surface area contributed by atoms with Crippen molar-refractivity contribution in [3.8, 4) is 0 Å². The van der Waals surface area contributed by atoms with Crippen LogP contribution in [0.15, 0.2) is 53.4 Å². The molecule has 0 aliphatic rings. The molecule has 1 amide bonds. The Morgan fingerprint density at radius 2 is 1.82 bits per heavy atom. The maximum absolute atomic E-state index is 13.7. The second kappa shape index (κ2) is 10.3. The first-order valence-electron chi connectivity index (χ1n) is 11.7. The maximum atomic E-state index is 13.7. The first-order valence-corrected chi connectivity index (χ1v) is 13.4. The number of fused-ring (bicyclic) bond motifs is 1. The fraction of sp³-hybridized carbons (Fsp3) is 0.370. The minimum absolute atomic E-state index is 0.0345. The fourth-order valence-corrected chi connectivity index (χ4v) is 5.89. The van der Waals surface area contributed by atoms with Crippen LogP contribution in [0.3, 0.4) is 0 Å². The number of carbonyl (C=O) groups excluding carboxylic acids is 1. The number of benzene rings is 2. The first kappa shape index (κ1) is 24.5. The topological polar surface area (TPSA) is 51.0 Å². The van der Waals surface area contributed by atoms with Crippen LogP contribution in [0.1, 0.15) is 60.9 Å². The van der Waals surface area contributed by atoms with E-state index in [-0.39, 0.29) is 5.91 Å². The molecule has 0 saturated heterocycles. The van der Waals surface area contributed by atoms with Gasteiger partial charge in [0.2, 0.25) is 0 Å². The van der Waals surface area contributed by atoms with Gasteiger partial charge in [-0.2, -0.15) is 5.10 Å². The molecular weight excluding hydrogens is 460 g/mol. The summed E-state index contributed by atoms with van der Waals surface area (Å²) in [5, 5.41) is 5.81. The number of para-hydroxylation sites is 1. The Morgan fingerprint density at radius 3 is 2.44 bits per heavy atom. The molecule has 5 nitrogen and oxygen atoms in total. The van der Waals surface area contributed by atoms with Gasteiger partial charge in [0.25, 0.3) is 5.91 Å². The van der Waals surface area contributed by atoms with Crippen LogP contribution in [0.4, 0.5) is 5.13 Å². The number of rotatable bonds is 8. The summed E-state index contributed by atoms with van der Waals surface area (Å²) in [6.07, 6.45) is 0. The molecule has 0 unspecified atom stereocenters. The van der Waals surface area contributed by atoms with Gasteiger partial charge in [-0.05, 0) is 61.7 Å². The lowest BCUT2D eigenvalue weighted by Gasteiger charge is -2.20. The molecule has 0 radical (unpaired) electrons. The van der Waals surface area contributed by atoms with E-state index in [2.05, 4.69) is 57.1 Å². The van der Waals surface area contributed by atoms with E-state index in [1.807, 2.05) is 47.7 Å². The number of hydrogen-bond acceptors (Lipinski definition) is 5. The van der Waals surface area contributed by atoms with Crippen molar-refractivity contribution in [1.82, 2.24) is 14.8 Å². The normalized spacial score (nSPS) is 11.6. The van der Waals surface area contributed by atoms with E-state index in [4.69, 9.17) is 4.98 Å². The molecule has 0 atom stereocenters. The Morgan fingerprint density at radius 1 is 1.09 bits per heavy atom. The van der Waals surface area contributed by atoms with Gasteiger partial charge in [0.15, 0.2) is 5.13 Å². The van der Waals surface area contributed by atoms with Crippen LogP contribution in [0.2, 0.25) is 0 Å². The summed E-state index contributed by atoms with van der Waals surface area (Å²) in [5.41, 5.74) is 4.94. The lowest BCUT2D eigenvalue weighted by molar-refractivity contribution is 0.0985. The van der Waals surface area contributed by atoms with Crippen molar-refractivity contribution in [3.63, 3.8) is 0 Å². The van der Waals surface area contributed by atoms with Gasteiger partial charge < -0.3 is 0 Å². The SMILES string of the molecule is Cc1cc(C)n(CCN(C(=O)c2ccc(SC(C)C)cc2)c2nc3c(C(C)C)cccc3s2)n1. The molecule has 34 heavy (non-hydrogen) atoms. The Bertz CT molecular complexity index is 1290. The zero-order valence-corrected chi connectivity index (χ0v) is 22.3. The monoisotopic (exact) mass is 492 g/mol. The van der Waals surface area contributed by atoms with Gasteiger partial charge in [0.05, 0.1) is 22.5 Å². The standard InChI is InChI=1S/C27H32N4OS2/c1-17(2)23-8-7-9-24-25(23)28-27(34-24)30(14-15-31-20(6)16-19(5)29-31)26(32)21-10-12-22(13-11-21)33-18(3)4/h7-13,16-18H,14-15H2,1-6H3. The van der Waals surface area contributed by atoms with Gasteiger partial charge in [0, 0.05) is 27.9 Å². The number of thiazole rings is 1. The van der Waals surface area contributed by atoms with Gasteiger partial charge in [-0.1, -0.05) is 51.2 Å². The number of aromatic nitrogens is 3. The summed E-state index contributed by atoms with van der Waals surface area (Å²) in [6.45, 7) is 13.8. The van der Waals surface area contributed by atoms with Crippen molar-refractivity contribution in [3.05, 3.63) is 71.0 Å². The minimum atomic E-state index is -0.0345. The van der Waals surface area contributed by atoms with Crippen LogP contribution in [-0.2, 0) is 6.54 Å². The third-order valence-corrected chi connectivity index (χ3v) is 7.71. The molecule has 0 aliphatic carbocycles. The lowest BCUT2D eigenvalue weighted by atomic mass is 10.0. The third kappa shape index (κ3) is 5.36. The molecule has 7 heteroatoms. The Hall–Kier alpha value is -2.64. The zero-order chi connectivity index (χ0) is 24.4. The van der Waals surface area contributed by atoms with Gasteiger partial charge in [-0.3, -0.25) is 14.4 Å². The number of nitrogens with zero attached hydrogens (tertiary/aromatic N) is 4. The highest BCUT2D eigenvalue weighted by Gasteiger charge is 2.23. The van der Waals surface area contributed by atoms with E-state index in [0.29, 0.717) is 29.8 Å². The quantitative estimate of drug-likeness (QED) is 0.247. The highest BCUT2D eigenvalue weighted by Crippen LogP contribution is 2.34. The summed E-state index contributed by atoms with van der Waals surface area (Å²) in [4.78, 5) is 21.7. The number of amides is 1. The van der Waals surface area contributed by atoms with Crippen LogP contribution < -0.4 is 4.90 Å². The molecule has 0 aliphatic heterocycles. The van der Waals surface area contributed by atoms with E-state index in [9.17, 15) is 4.79 Å². The van der Waals surface area contributed by atoms with Crippen LogP contribution in [0.5, 0.6) is 0 Å². The first-order chi connectivity index (χ1) is 16.2. The summed E-state index contributed by atoms with van der Waals surface area (Å²) >= 11 is 3.37. The zero-order valence-electron chi connectivity index (χ0n) is 20.7. The molecule has 0 N–H and O–H groups in total. The van der Waals surface area contributed by atoms with E-state index in [1.54, 1.807) is 23.1 Å². The fourth-order valence-electron chi connectivity index (χ4n) is 4.02. The van der Waals surface area contributed by atoms with Crippen molar-refractivity contribution in [2.75, 3.05) is 11.4 Å². The molecule has 0 spiro atoms. The van der Waals surface area contributed by atoms with Crippen LogP contribution in [-0.4, -0.2) is 32.5 Å². The van der Waals surface area contributed by atoms with Crippen molar-refractivity contribution >= 4 is 44.4 Å². The van der Waals surface area contributed by atoms with E-state index in [0.717, 1.165) is 26.7 Å². The number of hydrogen-bond donors (Lipinski definition) is 0. The van der Waals surface area contributed by atoms with Crippen molar-refractivity contribution in [2.45, 2.75) is 64.2 Å². The van der Waals surface area contributed by atoms with Crippen molar-refractivity contribution in [2.24, 2.45) is 0 Å². The highest BCUT2D eigenvalue weighted by atomic mass is 32.2. The maximum Gasteiger partial charge on any atom is 0.260 e. The summed E-state index contributed by atoms with van der Waals surface area (Å²) in [7, 11) is 0. The van der Waals surface area contributed by atoms with Crippen molar-refractivity contribution in [1.29, 1.82) is 0 Å². The third-order valence-electron chi connectivity index (χ3n) is 5.65. The second-order valence-electron chi connectivity index (χ2n) is 9.14. The van der Waals surface area contributed by atoms with Crippen LogP contribution in [0, 0.1) is 13.8 Å². The average molecular weight is 493 g/mol. The smallest absolute Gasteiger partial charge is 0.260 e. The molecule has 0 saturated carbocycles. The van der Waals surface area contributed by atoms with Crippen LogP contribution in [0.25, 0.3) is 10.2 Å². The highest BCUT2D eigenvalue weighted by molar-refractivity contribution is 7.99. The lowest BCUT2D eigenvalue weighted by Crippen LogP contribution is -2.34. The van der Waals surface area contributed by atoms with Gasteiger partial charge >= 0.3 is 0 Å². The molecule has 0 fully saturated rings. The summed E-state index contributed by atoms with van der Waals surface area (Å²) in [5.74, 6) is 0.330. The Balaban J connectivity index is 1.69. The van der Waals surface area contributed by atoms with E-state index < -0.39 is 0 Å². The molecule has 4 aromatic rings. The number of anilines is 1. The largest absolute Gasteiger partial charge is 0.282 e. The number of thioether (sulfide) groups is 1. The predicted octanol–water partition coefficient (Wildman–Crippen LogP) is 7.08. The molecule has 0 bridgehead atoms. The molecule has 2 aromatic carbocycles. The van der Waals surface area contributed by atoms with Gasteiger partial charge in [-0.25, -0.2) is 4.98 Å². The summed E-state index contributed by atoms with van der Waals surface area (Å²) < 4.78 is 3.07. The Kier molecular flexibility index (Phi) is 7.43. The van der Waals surface area contributed by atoms with E-state index in [1.165, 1.54) is 10.5 Å².